The van der Waals surface area contributed by atoms with E-state index in [1.54, 1.807) is 0 Å². The Labute approximate surface area is 68.6 Å². The number of carbonyl (C=O) groups is 1. The summed E-state index contributed by atoms with van der Waals surface area (Å²) in [5, 5.41) is 0. The molecule has 0 unspecified atom stereocenters. The SMILES string of the molecule is CC(C)N(CC=O)CC1CC1. The molecule has 11 heavy (non-hydrogen) atoms. The van der Waals surface area contributed by atoms with Crippen molar-refractivity contribution in [1.29, 1.82) is 0 Å². The van der Waals surface area contributed by atoms with Crippen LogP contribution in [-0.2, 0) is 4.79 Å². The van der Waals surface area contributed by atoms with E-state index >= 15 is 0 Å². The van der Waals surface area contributed by atoms with Crippen LogP contribution < -0.4 is 0 Å². The first kappa shape index (κ1) is 8.72. The van der Waals surface area contributed by atoms with Gasteiger partial charge >= 0.3 is 0 Å². The predicted molar refractivity (Wildman–Crippen MR) is 45.5 cm³/mol. The Balaban J connectivity index is 2.24. The van der Waals surface area contributed by atoms with Crippen LogP contribution >= 0.6 is 0 Å². The largest absolute Gasteiger partial charge is 0.302 e. The van der Waals surface area contributed by atoms with Crippen LogP contribution in [0.4, 0.5) is 0 Å². The van der Waals surface area contributed by atoms with Gasteiger partial charge in [-0.2, -0.15) is 0 Å². The van der Waals surface area contributed by atoms with Crippen molar-refractivity contribution in [2.24, 2.45) is 5.92 Å². The molecule has 0 saturated heterocycles. The summed E-state index contributed by atoms with van der Waals surface area (Å²) in [5.41, 5.74) is 0. The van der Waals surface area contributed by atoms with Crippen LogP contribution in [0, 0.1) is 5.92 Å². The first-order valence-electron chi connectivity index (χ1n) is 4.41. The average molecular weight is 155 g/mol. The summed E-state index contributed by atoms with van der Waals surface area (Å²) in [4.78, 5) is 12.5. The molecule has 1 fully saturated rings. The first-order valence-corrected chi connectivity index (χ1v) is 4.41. The Bertz CT molecular complexity index is 130. The maximum Gasteiger partial charge on any atom is 0.133 e. The van der Waals surface area contributed by atoms with Crippen LogP contribution in [0.5, 0.6) is 0 Å². The van der Waals surface area contributed by atoms with Crippen molar-refractivity contribution < 1.29 is 4.79 Å². The molecule has 0 aromatic rings. The van der Waals surface area contributed by atoms with E-state index in [2.05, 4.69) is 18.7 Å². The van der Waals surface area contributed by atoms with Gasteiger partial charge in [0.05, 0.1) is 6.54 Å². The second kappa shape index (κ2) is 3.86. The van der Waals surface area contributed by atoms with Gasteiger partial charge in [0.15, 0.2) is 0 Å². The van der Waals surface area contributed by atoms with Gasteiger partial charge in [-0.1, -0.05) is 0 Å². The lowest BCUT2D eigenvalue weighted by atomic mass is 10.3. The van der Waals surface area contributed by atoms with Crippen molar-refractivity contribution in [1.82, 2.24) is 4.90 Å². The van der Waals surface area contributed by atoms with Crippen LogP contribution in [-0.4, -0.2) is 30.3 Å². The second-order valence-electron chi connectivity index (χ2n) is 3.66. The van der Waals surface area contributed by atoms with E-state index in [0.717, 1.165) is 18.7 Å². The molecule has 1 aliphatic rings. The molecule has 0 atom stereocenters. The number of aldehydes is 1. The molecule has 1 aliphatic carbocycles. The molecule has 0 radical (unpaired) electrons. The number of carbonyl (C=O) groups excluding carboxylic acids is 1. The highest BCUT2D eigenvalue weighted by atomic mass is 16.1. The number of nitrogens with zero attached hydrogens (tertiary/aromatic N) is 1. The van der Waals surface area contributed by atoms with Crippen molar-refractivity contribution in [3.8, 4) is 0 Å². The van der Waals surface area contributed by atoms with Crippen molar-refractivity contribution in [2.45, 2.75) is 32.7 Å². The van der Waals surface area contributed by atoms with Gasteiger partial charge < -0.3 is 4.79 Å². The number of hydrogen-bond acceptors (Lipinski definition) is 2. The third-order valence-electron chi connectivity index (χ3n) is 2.23. The van der Waals surface area contributed by atoms with Gasteiger partial charge in [0.2, 0.25) is 0 Å². The zero-order chi connectivity index (χ0) is 8.27. The smallest absolute Gasteiger partial charge is 0.133 e. The highest BCUT2D eigenvalue weighted by molar-refractivity contribution is 5.52. The fraction of sp³-hybridized carbons (Fsp3) is 0.889. The molecule has 2 heteroatoms. The average Bonchev–Trinajstić information content (AvgIpc) is 2.70. The standard InChI is InChI=1S/C9H17NO/c1-8(2)10(5-6-11)7-9-3-4-9/h6,8-9H,3-5,7H2,1-2H3. The van der Waals surface area contributed by atoms with Gasteiger partial charge in [-0.15, -0.1) is 0 Å². The van der Waals surface area contributed by atoms with Crippen molar-refractivity contribution in [3.05, 3.63) is 0 Å². The molecule has 0 aliphatic heterocycles. The quantitative estimate of drug-likeness (QED) is 0.558. The molecule has 1 saturated carbocycles. The maximum absolute atomic E-state index is 10.3. The normalized spacial score (nSPS) is 17.8. The Morgan fingerprint density at radius 1 is 1.55 bits per heavy atom. The van der Waals surface area contributed by atoms with Crippen LogP contribution in [0.25, 0.3) is 0 Å². The van der Waals surface area contributed by atoms with Gasteiger partial charge in [0, 0.05) is 12.6 Å². The Morgan fingerprint density at radius 2 is 2.18 bits per heavy atom. The minimum atomic E-state index is 0.515. The second-order valence-corrected chi connectivity index (χ2v) is 3.66. The summed E-state index contributed by atoms with van der Waals surface area (Å²) in [6, 6.07) is 0.515. The molecule has 0 aromatic heterocycles. The van der Waals surface area contributed by atoms with E-state index in [0.29, 0.717) is 12.6 Å². The first-order chi connectivity index (χ1) is 5.24. The Morgan fingerprint density at radius 3 is 2.55 bits per heavy atom. The third kappa shape index (κ3) is 3.02. The van der Waals surface area contributed by atoms with Crippen LogP contribution in [0.15, 0.2) is 0 Å². The number of rotatable bonds is 5. The molecule has 0 bridgehead atoms. The maximum atomic E-state index is 10.3. The fourth-order valence-electron chi connectivity index (χ4n) is 1.22. The van der Waals surface area contributed by atoms with E-state index in [9.17, 15) is 4.79 Å². The fourth-order valence-corrected chi connectivity index (χ4v) is 1.22. The molecular formula is C9H17NO. The lowest BCUT2D eigenvalue weighted by Gasteiger charge is -2.23. The summed E-state index contributed by atoms with van der Waals surface area (Å²) in [7, 11) is 0. The van der Waals surface area contributed by atoms with Gasteiger partial charge in [0.1, 0.15) is 6.29 Å². The van der Waals surface area contributed by atoms with Crippen LogP contribution in [0.3, 0.4) is 0 Å². The highest BCUT2D eigenvalue weighted by Crippen LogP contribution is 2.29. The van der Waals surface area contributed by atoms with Gasteiger partial charge in [-0.05, 0) is 32.6 Å². The molecule has 0 spiro atoms. The molecule has 0 N–H and O–H groups in total. The molecular weight excluding hydrogens is 138 g/mol. The zero-order valence-electron chi connectivity index (χ0n) is 7.42. The molecule has 0 aromatic carbocycles. The van der Waals surface area contributed by atoms with E-state index in [1.165, 1.54) is 12.8 Å². The Hall–Kier alpha value is -0.370. The number of hydrogen-bond donors (Lipinski definition) is 0. The van der Waals surface area contributed by atoms with Gasteiger partial charge in [0.25, 0.3) is 0 Å². The highest BCUT2D eigenvalue weighted by Gasteiger charge is 2.24. The Kier molecular flexibility index (Phi) is 3.06. The molecule has 64 valence electrons. The van der Waals surface area contributed by atoms with E-state index < -0.39 is 0 Å². The van der Waals surface area contributed by atoms with Crippen LogP contribution in [0.2, 0.25) is 0 Å². The van der Waals surface area contributed by atoms with E-state index in [4.69, 9.17) is 0 Å². The third-order valence-corrected chi connectivity index (χ3v) is 2.23. The van der Waals surface area contributed by atoms with E-state index in [-0.39, 0.29) is 0 Å². The van der Waals surface area contributed by atoms with E-state index in [1.807, 2.05) is 0 Å². The summed E-state index contributed by atoms with van der Waals surface area (Å²) in [6.07, 6.45) is 3.73. The minimum Gasteiger partial charge on any atom is -0.302 e. The molecule has 0 heterocycles. The van der Waals surface area contributed by atoms with Crippen LogP contribution in [0.1, 0.15) is 26.7 Å². The lowest BCUT2D eigenvalue weighted by molar-refractivity contribution is -0.109. The zero-order valence-corrected chi connectivity index (χ0v) is 7.42. The predicted octanol–water partition coefficient (Wildman–Crippen LogP) is 1.31. The van der Waals surface area contributed by atoms with Gasteiger partial charge in [-0.3, -0.25) is 4.90 Å². The topological polar surface area (TPSA) is 20.3 Å². The minimum absolute atomic E-state index is 0.515. The molecule has 1 rings (SSSR count). The summed E-state index contributed by atoms with van der Waals surface area (Å²) in [5.74, 6) is 0.886. The van der Waals surface area contributed by atoms with Gasteiger partial charge in [-0.25, -0.2) is 0 Å². The lowest BCUT2D eigenvalue weighted by Crippen LogP contribution is -2.34. The van der Waals surface area contributed by atoms with Crippen molar-refractivity contribution >= 4 is 6.29 Å². The molecule has 2 nitrogen and oxygen atoms in total. The molecule has 0 amide bonds. The van der Waals surface area contributed by atoms with Crippen molar-refractivity contribution in [3.63, 3.8) is 0 Å². The monoisotopic (exact) mass is 155 g/mol. The summed E-state index contributed by atoms with van der Waals surface area (Å²) >= 11 is 0. The summed E-state index contributed by atoms with van der Waals surface area (Å²) in [6.45, 7) is 6.02. The summed E-state index contributed by atoms with van der Waals surface area (Å²) < 4.78 is 0. The van der Waals surface area contributed by atoms with Crippen molar-refractivity contribution in [2.75, 3.05) is 13.1 Å².